The van der Waals surface area contributed by atoms with Gasteiger partial charge >= 0.3 is 0 Å². The van der Waals surface area contributed by atoms with E-state index in [1.54, 1.807) is 25.2 Å². The smallest absolute Gasteiger partial charge is 0.267 e. The summed E-state index contributed by atoms with van der Waals surface area (Å²) in [6, 6.07) is 11.0. The Kier molecular flexibility index (Phi) is 9.56. The van der Waals surface area contributed by atoms with Crippen molar-refractivity contribution in [1.29, 1.82) is 0 Å². The molecular formula is C30H37ClN8O4S. The van der Waals surface area contributed by atoms with Crippen LogP contribution in [0.4, 0.5) is 11.6 Å². The number of piperazine rings is 1. The van der Waals surface area contributed by atoms with Crippen LogP contribution in [0, 0.1) is 5.92 Å². The van der Waals surface area contributed by atoms with Crippen molar-refractivity contribution in [3.05, 3.63) is 59.4 Å². The lowest BCUT2D eigenvalue weighted by atomic mass is 10.1. The summed E-state index contributed by atoms with van der Waals surface area (Å²) >= 11 is 6.92. The summed E-state index contributed by atoms with van der Waals surface area (Å²) in [5.74, 6) is 1.11. The number of aryl methyl sites for hydroxylation is 1. The molecule has 1 fully saturated rings. The van der Waals surface area contributed by atoms with Crippen LogP contribution in [0.5, 0.6) is 17.5 Å². The molecule has 5 rings (SSSR count). The highest BCUT2D eigenvalue weighted by Gasteiger charge is 2.25. The van der Waals surface area contributed by atoms with Crippen LogP contribution >= 0.6 is 11.6 Å². The zero-order valence-corrected chi connectivity index (χ0v) is 27.1. The number of nitrogens with zero attached hydrogens (tertiary/aromatic N) is 7. The first-order valence-corrected chi connectivity index (χ1v) is 16.3. The first kappa shape index (κ1) is 31.5. The third-order valence-electron chi connectivity index (χ3n) is 7.06. The maximum absolute atomic E-state index is 13.2. The average Bonchev–Trinajstić information content (AvgIpc) is 3.45. The molecule has 44 heavy (non-hydrogen) atoms. The van der Waals surface area contributed by atoms with Gasteiger partial charge in [-0.3, -0.25) is 4.68 Å². The van der Waals surface area contributed by atoms with Gasteiger partial charge in [0.25, 0.3) is 10.0 Å². The van der Waals surface area contributed by atoms with E-state index in [0.29, 0.717) is 52.5 Å². The Morgan fingerprint density at radius 1 is 1.02 bits per heavy atom. The Bertz CT molecular complexity index is 1720. The molecule has 0 atom stereocenters. The molecule has 1 aliphatic heterocycles. The second-order valence-corrected chi connectivity index (χ2v) is 13.1. The van der Waals surface area contributed by atoms with E-state index < -0.39 is 10.0 Å². The average molecular weight is 641 g/mol. The minimum Gasteiger partial charge on any atom is -0.477 e. The number of halogens is 1. The minimum atomic E-state index is -4.06. The van der Waals surface area contributed by atoms with Crippen molar-refractivity contribution in [2.75, 3.05) is 49.5 Å². The van der Waals surface area contributed by atoms with E-state index in [2.05, 4.69) is 55.5 Å². The summed E-state index contributed by atoms with van der Waals surface area (Å²) in [5, 5.41) is 4.42. The summed E-state index contributed by atoms with van der Waals surface area (Å²) in [4.78, 5) is 18.3. The molecule has 0 saturated carbocycles. The van der Waals surface area contributed by atoms with E-state index in [1.807, 2.05) is 25.1 Å². The summed E-state index contributed by atoms with van der Waals surface area (Å²) in [7, 11) is -0.326. The Balaban J connectivity index is 1.58. The largest absolute Gasteiger partial charge is 0.477 e. The number of likely N-dealkylation sites (N-methyl/N-ethyl adjacent to an activating group) is 1. The number of sulfonamides is 1. The maximum atomic E-state index is 13.2. The second-order valence-electron chi connectivity index (χ2n) is 11.0. The Morgan fingerprint density at radius 3 is 2.45 bits per heavy atom. The van der Waals surface area contributed by atoms with Gasteiger partial charge in [0.2, 0.25) is 17.7 Å². The molecule has 4 aromatic rings. The summed E-state index contributed by atoms with van der Waals surface area (Å²) in [6.07, 6.45) is 3.11. The Morgan fingerprint density at radius 2 is 1.77 bits per heavy atom. The van der Waals surface area contributed by atoms with Crippen LogP contribution < -0.4 is 19.1 Å². The van der Waals surface area contributed by atoms with Gasteiger partial charge in [0.05, 0.1) is 24.2 Å². The molecule has 3 aromatic heterocycles. The van der Waals surface area contributed by atoms with Crippen LogP contribution in [0.15, 0.2) is 53.7 Å². The number of rotatable bonds is 11. The van der Waals surface area contributed by atoms with Crippen molar-refractivity contribution in [3.63, 3.8) is 0 Å². The molecule has 1 saturated heterocycles. The van der Waals surface area contributed by atoms with Crippen LogP contribution in [0.25, 0.3) is 11.4 Å². The molecule has 12 nitrogen and oxygen atoms in total. The standard InChI is InChI=1S/C30H37ClN8O4S/c1-6-22-28(23-9-7-12-26(33-23)42-19-20(2)3)34-30(36-44(40,41)21-17-32-38(5)18-21)35-29(22)43-25-11-8-10-24(27(25)31)39-15-13-37(4)14-16-39/h7-12,17-18,20H,6,13-16,19H2,1-5H3,(H,34,35,36). The zero-order chi connectivity index (χ0) is 31.4. The van der Waals surface area contributed by atoms with E-state index in [9.17, 15) is 8.42 Å². The van der Waals surface area contributed by atoms with Crippen molar-refractivity contribution in [1.82, 2.24) is 29.6 Å². The molecule has 0 aliphatic carbocycles. The van der Waals surface area contributed by atoms with Gasteiger partial charge in [-0.25, -0.2) is 23.1 Å². The molecular weight excluding hydrogens is 604 g/mol. The van der Waals surface area contributed by atoms with Gasteiger partial charge in [-0.1, -0.05) is 44.5 Å². The highest BCUT2D eigenvalue weighted by Crippen LogP contribution is 2.39. The Hall–Kier alpha value is -3.94. The topological polar surface area (TPSA) is 128 Å². The lowest BCUT2D eigenvalue weighted by molar-refractivity contribution is 0.261. The SMILES string of the molecule is CCc1c(Oc2cccc(N3CCN(C)CC3)c2Cl)nc(NS(=O)(=O)c2cnn(C)c2)nc1-c1cccc(OCC(C)C)n1. The van der Waals surface area contributed by atoms with Crippen molar-refractivity contribution in [2.24, 2.45) is 13.0 Å². The molecule has 0 unspecified atom stereocenters. The first-order chi connectivity index (χ1) is 21.0. The third-order valence-corrected chi connectivity index (χ3v) is 8.73. The summed E-state index contributed by atoms with van der Waals surface area (Å²) < 4.78 is 42.6. The van der Waals surface area contributed by atoms with E-state index in [4.69, 9.17) is 21.1 Å². The van der Waals surface area contributed by atoms with Crippen molar-refractivity contribution < 1.29 is 17.9 Å². The van der Waals surface area contributed by atoms with Crippen LogP contribution in [0.3, 0.4) is 0 Å². The van der Waals surface area contributed by atoms with Crippen LogP contribution in [-0.2, 0) is 23.5 Å². The number of aromatic nitrogens is 5. The molecule has 1 N–H and O–H groups in total. The predicted molar refractivity (Wildman–Crippen MR) is 170 cm³/mol. The number of ether oxygens (including phenoxy) is 2. The first-order valence-electron chi connectivity index (χ1n) is 14.5. The number of hydrogen-bond donors (Lipinski definition) is 1. The molecule has 0 radical (unpaired) electrons. The molecule has 234 valence electrons. The predicted octanol–water partition coefficient (Wildman–Crippen LogP) is 4.87. The number of anilines is 2. The minimum absolute atomic E-state index is 0.0303. The van der Waals surface area contributed by atoms with Crippen molar-refractivity contribution in [2.45, 2.75) is 32.1 Å². The maximum Gasteiger partial charge on any atom is 0.267 e. The fourth-order valence-corrected chi connectivity index (χ4v) is 5.90. The van der Waals surface area contributed by atoms with Crippen LogP contribution in [0.2, 0.25) is 5.02 Å². The quantitative estimate of drug-likeness (QED) is 0.243. The van der Waals surface area contributed by atoms with E-state index in [1.165, 1.54) is 17.1 Å². The van der Waals surface area contributed by atoms with E-state index in [-0.39, 0.29) is 16.7 Å². The monoisotopic (exact) mass is 640 g/mol. The zero-order valence-electron chi connectivity index (χ0n) is 25.5. The fourth-order valence-electron chi connectivity index (χ4n) is 4.69. The summed E-state index contributed by atoms with van der Waals surface area (Å²) in [6.45, 7) is 10.0. The van der Waals surface area contributed by atoms with Gasteiger partial charge in [0, 0.05) is 51.1 Å². The number of hydrogen-bond acceptors (Lipinski definition) is 10. The Labute approximate surface area is 263 Å². The highest BCUT2D eigenvalue weighted by molar-refractivity contribution is 7.92. The van der Waals surface area contributed by atoms with Gasteiger partial charge in [-0.05, 0) is 37.6 Å². The molecule has 0 spiro atoms. The van der Waals surface area contributed by atoms with E-state index in [0.717, 1.165) is 31.9 Å². The number of benzene rings is 1. The normalized spacial score (nSPS) is 14.2. The van der Waals surface area contributed by atoms with Crippen molar-refractivity contribution >= 4 is 33.3 Å². The van der Waals surface area contributed by atoms with Gasteiger partial charge in [0.1, 0.15) is 21.4 Å². The molecule has 0 bridgehead atoms. The van der Waals surface area contributed by atoms with Gasteiger partial charge in [-0.15, -0.1) is 0 Å². The van der Waals surface area contributed by atoms with Gasteiger partial charge in [0.15, 0.2) is 0 Å². The number of pyridine rings is 1. The molecule has 1 aromatic carbocycles. The lowest BCUT2D eigenvalue weighted by Gasteiger charge is -2.34. The fraction of sp³-hybridized carbons (Fsp3) is 0.400. The molecule has 4 heterocycles. The summed E-state index contributed by atoms with van der Waals surface area (Å²) in [5.41, 5.74) is 2.37. The highest BCUT2D eigenvalue weighted by atomic mass is 35.5. The second kappa shape index (κ2) is 13.4. The molecule has 0 amide bonds. The molecule has 1 aliphatic rings. The van der Waals surface area contributed by atoms with Crippen molar-refractivity contribution in [3.8, 4) is 28.9 Å². The lowest BCUT2D eigenvalue weighted by Crippen LogP contribution is -2.44. The molecule has 14 heteroatoms. The third kappa shape index (κ3) is 7.22. The number of nitrogens with one attached hydrogen (secondary N) is 1. The van der Waals surface area contributed by atoms with E-state index >= 15 is 0 Å². The van der Waals surface area contributed by atoms with Gasteiger partial charge < -0.3 is 19.3 Å². The van der Waals surface area contributed by atoms with Crippen LogP contribution in [-0.4, -0.2) is 77.9 Å². The van der Waals surface area contributed by atoms with Gasteiger partial charge in [-0.2, -0.15) is 10.1 Å². The van der Waals surface area contributed by atoms with Crippen LogP contribution in [0.1, 0.15) is 26.3 Å².